The highest BCUT2D eigenvalue weighted by molar-refractivity contribution is 5.14. The largest absolute Gasteiger partial charge is 0.0654 e. The van der Waals surface area contributed by atoms with Gasteiger partial charge in [-0.1, -0.05) is 27.2 Å². The minimum absolute atomic E-state index is 0.767. The third kappa shape index (κ3) is 0.878. The molecular weight excluding hydrogens is 132 g/mol. The van der Waals surface area contributed by atoms with E-state index in [1.165, 1.54) is 32.1 Å². The van der Waals surface area contributed by atoms with E-state index in [-0.39, 0.29) is 0 Å². The van der Waals surface area contributed by atoms with E-state index in [0.29, 0.717) is 0 Å². The van der Waals surface area contributed by atoms with Crippen molar-refractivity contribution >= 4 is 0 Å². The summed E-state index contributed by atoms with van der Waals surface area (Å²) in [4.78, 5) is 0. The van der Waals surface area contributed by atoms with Crippen LogP contribution in [0.2, 0.25) is 0 Å². The van der Waals surface area contributed by atoms with Crippen LogP contribution in [0.5, 0.6) is 0 Å². The molecule has 2 atom stereocenters. The first kappa shape index (κ1) is 7.64. The van der Waals surface area contributed by atoms with Crippen LogP contribution in [0.25, 0.3) is 0 Å². The van der Waals surface area contributed by atoms with Crippen LogP contribution in [0.15, 0.2) is 0 Å². The fraction of sp³-hybridized carbons (Fsp3) is 1.00. The van der Waals surface area contributed by atoms with Gasteiger partial charge in [-0.15, -0.1) is 0 Å². The molecule has 2 unspecified atom stereocenters. The summed E-state index contributed by atoms with van der Waals surface area (Å²) in [6.07, 6.45) is 7.45. The molecule has 0 saturated heterocycles. The first-order valence-electron chi connectivity index (χ1n) is 5.15. The summed E-state index contributed by atoms with van der Waals surface area (Å²) >= 11 is 0. The van der Waals surface area contributed by atoms with Gasteiger partial charge < -0.3 is 0 Å². The number of rotatable bonds is 3. The lowest BCUT2D eigenvalue weighted by molar-refractivity contribution is 0.262. The lowest BCUT2D eigenvalue weighted by Crippen LogP contribution is -2.15. The second kappa shape index (κ2) is 2.02. The van der Waals surface area contributed by atoms with E-state index in [1.807, 2.05) is 0 Å². The van der Waals surface area contributed by atoms with E-state index >= 15 is 0 Å². The van der Waals surface area contributed by atoms with Crippen LogP contribution in [0.3, 0.4) is 0 Å². The third-order valence-corrected chi connectivity index (χ3v) is 4.45. The molecule has 0 nitrogen and oxygen atoms in total. The molecular formula is C11H20. The summed E-state index contributed by atoms with van der Waals surface area (Å²) in [7, 11) is 0. The smallest absolute Gasteiger partial charge is 0.0241 e. The maximum Gasteiger partial charge on any atom is -0.0241 e. The number of hydrogen-bond donors (Lipinski definition) is 0. The molecule has 2 saturated carbocycles. The van der Waals surface area contributed by atoms with Gasteiger partial charge in [-0.05, 0) is 42.4 Å². The van der Waals surface area contributed by atoms with Gasteiger partial charge in [0, 0.05) is 0 Å². The summed E-state index contributed by atoms with van der Waals surface area (Å²) in [6.45, 7) is 7.27. The minimum atomic E-state index is 0.767. The van der Waals surface area contributed by atoms with Gasteiger partial charge in [0.05, 0.1) is 0 Å². The van der Waals surface area contributed by atoms with Crippen molar-refractivity contribution in [3.63, 3.8) is 0 Å². The van der Waals surface area contributed by atoms with Gasteiger partial charge in [0.1, 0.15) is 0 Å². The lowest BCUT2D eigenvalue weighted by Gasteiger charge is -2.23. The van der Waals surface area contributed by atoms with Gasteiger partial charge in [-0.25, -0.2) is 0 Å². The highest BCUT2D eigenvalue weighted by atomic mass is 14.7. The molecule has 2 fully saturated rings. The molecule has 2 aliphatic carbocycles. The number of hydrogen-bond acceptors (Lipinski definition) is 0. The summed E-state index contributed by atoms with van der Waals surface area (Å²) in [5, 5.41) is 0. The van der Waals surface area contributed by atoms with Gasteiger partial charge in [0.2, 0.25) is 0 Å². The van der Waals surface area contributed by atoms with Gasteiger partial charge in [-0.3, -0.25) is 0 Å². The van der Waals surface area contributed by atoms with E-state index in [0.717, 1.165) is 16.7 Å². The maximum atomic E-state index is 2.51. The normalized spacial score (nSPS) is 45.5. The molecule has 0 radical (unpaired) electrons. The van der Waals surface area contributed by atoms with Gasteiger partial charge in [-0.2, -0.15) is 0 Å². The van der Waals surface area contributed by atoms with Crippen molar-refractivity contribution in [2.45, 2.75) is 52.9 Å². The van der Waals surface area contributed by atoms with Crippen molar-refractivity contribution in [3.8, 4) is 0 Å². The van der Waals surface area contributed by atoms with Gasteiger partial charge in [0.25, 0.3) is 0 Å². The Morgan fingerprint density at radius 2 is 1.91 bits per heavy atom. The second-order valence-electron chi connectivity index (χ2n) is 5.05. The average Bonchev–Trinajstić information content (AvgIpc) is 2.78. The summed E-state index contributed by atoms with van der Waals surface area (Å²) in [5.74, 6) is 1.02. The zero-order valence-corrected chi connectivity index (χ0v) is 8.11. The predicted octanol–water partition coefficient (Wildman–Crippen LogP) is 3.61. The molecule has 2 aliphatic rings. The van der Waals surface area contributed by atoms with E-state index in [9.17, 15) is 0 Å². The monoisotopic (exact) mass is 152 g/mol. The summed E-state index contributed by atoms with van der Waals surface area (Å²) < 4.78 is 0. The van der Waals surface area contributed by atoms with Crippen LogP contribution in [-0.2, 0) is 0 Å². The zero-order chi connectivity index (χ0) is 8.11. The molecule has 0 aromatic rings. The van der Waals surface area contributed by atoms with E-state index in [1.54, 1.807) is 0 Å². The molecule has 0 heteroatoms. The van der Waals surface area contributed by atoms with Crippen molar-refractivity contribution in [3.05, 3.63) is 0 Å². The van der Waals surface area contributed by atoms with E-state index in [2.05, 4.69) is 20.8 Å². The Morgan fingerprint density at radius 3 is 2.18 bits per heavy atom. The highest BCUT2D eigenvalue weighted by Gasteiger charge is 2.65. The average molecular weight is 152 g/mol. The molecule has 0 amide bonds. The summed E-state index contributed by atoms with van der Waals surface area (Å²) in [5.41, 5.74) is 1.59. The minimum Gasteiger partial charge on any atom is -0.0654 e. The van der Waals surface area contributed by atoms with Gasteiger partial charge >= 0.3 is 0 Å². The quantitative estimate of drug-likeness (QED) is 0.579. The Labute approximate surface area is 70.4 Å². The molecule has 64 valence electrons. The molecule has 0 aliphatic heterocycles. The van der Waals surface area contributed by atoms with Crippen LogP contribution in [-0.4, -0.2) is 0 Å². The third-order valence-electron chi connectivity index (χ3n) is 4.45. The fourth-order valence-corrected chi connectivity index (χ4v) is 3.05. The molecule has 0 heterocycles. The Hall–Kier alpha value is 0. The predicted molar refractivity (Wildman–Crippen MR) is 48.5 cm³/mol. The topological polar surface area (TPSA) is 0 Å². The lowest BCUT2D eigenvalue weighted by atomic mass is 9.82. The molecule has 0 aromatic carbocycles. The Balaban J connectivity index is 2.04. The van der Waals surface area contributed by atoms with Crippen LogP contribution in [0.1, 0.15) is 52.9 Å². The van der Waals surface area contributed by atoms with Crippen molar-refractivity contribution < 1.29 is 0 Å². The maximum absolute atomic E-state index is 2.51. The highest BCUT2D eigenvalue weighted by Crippen LogP contribution is 2.74. The molecule has 0 aromatic heterocycles. The Kier molecular flexibility index (Phi) is 1.41. The second-order valence-corrected chi connectivity index (χ2v) is 5.05. The van der Waals surface area contributed by atoms with Crippen LogP contribution in [0.4, 0.5) is 0 Å². The first-order chi connectivity index (χ1) is 5.15. The fourth-order valence-electron chi connectivity index (χ4n) is 3.05. The van der Waals surface area contributed by atoms with Crippen LogP contribution >= 0.6 is 0 Å². The molecule has 11 heavy (non-hydrogen) atoms. The van der Waals surface area contributed by atoms with E-state index in [4.69, 9.17) is 0 Å². The van der Waals surface area contributed by atoms with Crippen molar-refractivity contribution in [2.75, 3.05) is 0 Å². The molecule has 0 bridgehead atoms. The zero-order valence-electron chi connectivity index (χ0n) is 8.11. The van der Waals surface area contributed by atoms with Crippen molar-refractivity contribution in [1.29, 1.82) is 0 Å². The Bertz CT molecular complexity index is 167. The van der Waals surface area contributed by atoms with E-state index < -0.39 is 0 Å². The molecule has 0 spiro atoms. The van der Waals surface area contributed by atoms with Crippen molar-refractivity contribution in [2.24, 2.45) is 16.7 Å². The molecule has 0 N–H and O–H groups in total. The first-order valence-corrected chi connectivity index (χ1v) is 5.15. The van der Waals surface area contributed by atoms with Crippen molar-refractivity contribution in [1.82, 2.24) is 0 Å². The molecule has 2 rings (SSSR count). The van der Waals surface area contributed by atoms with Crippen LogP contribution in [0, 0.1) is 16.7 Å². The van der Waals surface area contributed by atoms with Crippen LogP contribution < -0.4 is 0 Å². The standard InChI is InChI=1S/C11H20/c1-4-5-11(6-7-11)10(3)8-9(10)2/h9H,4-8H2,1-3H3. The SMILES string of the molecule is CCCC1(C2(C)CC2C)CC1. The summed E-state index contributed by atoms with van der Waals surface area (Å²) in [6, 6.07) is 0. The Morgan fingerprint density at radius 1 is 1.36 bits per heavy atom. The van der Waals surface area contributed by atoms with Gasteiger partial charge in [0.15, 0.2) is 0 Å².